The zero-order valence-electron chi connectivity index (χ0n) is 19.0. The van der Waals surface area contributed by atoms with Crippen molar-refractivity contribution in [2.75, 3.05) is 19.6 Å². The monoisotopic (exact) mass is 441 g/mol. The summed E-state index contributed by atoms with van der Waals surface area (Å²) in [5, 5.41) is 5.47. The first-order valence-corrected chi connectivity index (χ1v) is 12.1. The molecule has 1 N–H and O–H groups in total. The smallest absolute Gasteiger partial charge is 0.227 e. The Kier molecular flexibility index (Phi) is 6.12. The third kappa shape index (κ3) is 4.77. The van der Waals surface area contributed by atoms with Crippen molar-refractivity contribution in [2.45, 2.75) is 38.5 Å². The van der Waals surface area contributed by atoms with Gasteiger partial charge >= 0.3 is 0 Å². The number of carbonyl (C=O) groups excluding carboxylic acids is 2. The minimum Gasteiger partial charge on any atom is -0.356 e. The van der Waals surface area contributed by atoms with Crippen LogP contribution in [0, 0.1) is 11.3 Å². The topological polar surface area (TPSA) is 62.3 Å². The zero-order chi connectivity index (χ0) is 22.7. The average molecular weight is 442 g/mol. The number of piperidine rings is 1. The average Bonchev–Trinajstić information content (AvgIpc) is 3.56. The van der Waals surface area contributed by atoms with Crippen molar-refractivity contribution in [1.82, 2.24) is 15.2 Å². The van der Waals surface area contributed by atoms with E-state index in [-0.39, 0.29) is 23.1 Å². The summed E-state index contributed by atoms with van der Waals surface area (Å²) in [5.74, 6) is 0.507. The summed E-state index contributed by atoms with van der Waals surface area (Å²) in [4.78, 5) is 31.7. The Morgan fingerprint density at radius 1 is 1.00 bits per heavy atom. The van der Waals surface area contributed by atoms with E-state index < -0.39 is 0 Å². The van der Waals surface area contributed by atoms with Crippen LogP contribution in [0.15, 0.2) is 67.0 Å². The number of hydrogen-bond donors (Lipinski definition) is 1. The van der Waals surface area contributed by atoms with E-state index in [2.05, 4.69) is 34.6 Å². The molecule has 5 nitrogen and oxygen atoms in total. The maximum atomic E-state index is 13.0. The van der Waals surface area contributed by atoms with Gasteiger partial charge in [0.2, 0.25) is 11.8 Å². The molecule has 2 aliphatic rings. The molecule has 1 spiro atoms. The van der Waals surface area contributed by atoms with Crippen LogP contribution in [0.3, 0.4) is 0 Å². The lowest BCUT2D eigenvalue weighted by Gasteiger charge is -2.33. The lowest BCUT2D eigenvalue weighted by molar-refractivity contribution is -0.132. The molecule has 1 saturated carbocycles. The second-order valence-corrected chi connectivity index (χ2v) is 9.56. The molecule has 33 heavy (non-hydrogen) atoms. The Hall–Kier alpha value is -3.21. The quantitative estimate of drug-likeness (QED) is 0.560. The molecule has 0 bridgehead atoms. The second kappa shape index (κ2) is 9.34. The van der Waals surface area contributed by atoms with Crippen molar-refractivity contribution in [3.05, 3.63) is 78.1 Å². The third-order valence-electron chi connectivity index (χ3n) is 7.53. The first kappa shape index (κ1) is 21.6. The van der Waals surface area contributed by atoms with Gasteiger partial charge in [-0.1, -0.05) is 42.5 Å². The van der Waals surface area contributed by atoms with Crippen LogP contribution in [0.2, 0.25) is 0 Å². The SMILES string of the molecule is O=C(NCCCc1ccncc1)C1CC12CCN(C(=O)Cc1cccc3ccccc13)CC2. The highest BCUT2D eigenvalue weighted by Crippen LogP contribution is 2.59. The number of hydrogen-bond acceptors (Lipinski definition) is 3. The van der Waals surface area contributed by atoms with E-state index in [1.54, 1.807) is 12.4 Å². The summed E-state index contributed by atoms with van der Waals surface area (Å²) in [6.45, 7) is 2.23. The number of likely N-dealkylation sites (tertiary alicyclic amines) is 1. The molecular formula is C28H31N3O2. The van der Waals surface area contributed by atoms with Gasteiger partial charge in [0.1, 0.15) is 0 Å². The molecule has 2 amide bonds. The maximum absolute atomic E-state index is 13.0. The van der Waals surface area contributed by atoms with Crippen LogP contribution in [0.5, 0.6) is 0 Å². The first-order valence-electron chi connectivity index (χ1n) is 12.1. The molecule has 1 aliphatic carbocycles. The fourth-order valence-electron chi connectivity index (χ4n) is 5.37. The number of carbonyl (C=O) groups is 2. The second-order valence-electron chi connectivity index (χ2n) is 9.56. The van der Waals surface area contributed by atoms with Crippen LogP contribution in [0.25, 0.3) is 10.8 Å². The summed E-state index contributed by atoms with van der Waals surface area (Å²) in [6.07, 6.45) is 8.78. The van der Waals surface area contributed by atoms with Crippen LogP contribution >= 0.6 is 0 Å². The molecule has 3 aromatic rings. The fraction of sp³-hybridized carbons (Fsp3) is 0.393. The van der Waals surface area contributed by atoms with Gasteiger partial charge in [-0.3, -0.25) is 14.6 Å². The fourth-order valence-corrected chi connectivity index (χ4v) is 5.37. The Morgan fingerprint density at radius 3 is 2.58 bits per heavy atom. The number of fused-ring (bicyclic) bond motifs is 1. The molecule has 2 heterocycles. The molecule has 2 aromatic carbocycles. The predicted molar refractivity (Wildman–Crippen MR) is 130 cm³/mol. The summed E-state index contributed by atoms with van der Waals surface area (Å²) in [6, 6.07) is 18.5. The van der Waals surface area contributed by atoms with Crippen molar-refractivity contribution in [1.29, 1.82) is 0 Å². The van der Waals surface area contributed by atoms with E-state index in [9.17, 15) is 9.59 Å². The third-order valence-corrected chi connectivity index (χ3v) is 7.53. The van der Waals surface area contributed by atoms with Gasteiger partial charge in [0, 0.05) is 37.9 Å². The normalized spacial score (nSPS) is 18.9. The van der Waals surface area contributed by atoms with Gasteiger partial charge in [-0.25, -0.2) is 0 Å². The van der Waals surface area contributed by atoms with Crippen molar-refractivity contribution in [3.8, 4) is 0 Å². The minimum atomic E-state index is 0.116. The van der Waals surface area contributed by atoms with E-state index in [0.29, 0.717) is 13.0 Å². The summed E-state index contributed by atoms with van der Waals surface area (Å²) < 4.78 is 0. The highest BCUT2D eigenvalue weighted by Gasteiger charge is 2.58. The number of amides is 2. The molecule has 1 aliphatic heterocycles. The van der Waals surface area contributed by atoms with E-state index in [1.807, 2.05) is 35.2 Å². The summed E-state index contributed by atoms with van der Waals surface area (Å²) in [5.41, 5.74) is 2.46. The molecular weight excluding hydrogens is 410 g/mol. The van der Waals surface area contributed by atoms with E-state index in [1.165, 1.54) is 10.9 Å². The van der Waals surface area contributed by atoms with Crippen LogP contribution < -0.4 is 5.32 Å². The number of rotatable bonds is 7. The Morgan fingerprint density at radius 2 is 1.76 bits per heavy atom. The Balaban J connectivity index is 1.08. The molecule has 5 rings (SSSR count). The van der Waals surface area contributed by atoms with Crippen molar-refractivity contribution < 1.29 is 9.59 Å². The van der Waals surface area contributed by atoms with Crippen LogP contribution in [-0.2, 0) is 22.4 Å². The summed E-state index contributed by atoms with van der Waals surface area (Å²) in [7, 11) is 0. The van der Waals surface area contributed by atoms with Gasteiger partial charge in [0.05, 0.1) is 6.42 Å². The first-order chi connectivity index (χ1) is 16.1. The van der Waals surface area contributed by atoms with E-state index >= 15 is 0 Å². The predicted octanol–water partition coefficient (Wildman–Crippen LogP) is 4.16. The van der Waals surface area contributed by atoms with Crippen LogP contribution in [0.1, 0.15) is 36.8 Å². The molecule has 0 radical (unpaired) electrons. The number of aromatic nitrogens is 1. The number of benzene rings is 2. The van der Waals surface area contributed by atoms with Crippen molar-refractivity contribution in [3.63, 3.8) is 0 Å². The molecule has 1 saturated heterocycles. The highest BCUT2D eigenvalue weighted by atomic mass is 16.2. The van der Waals surface area contributed by atoms with Crippen LogP contribution in [0.4, 0.5) is 0 Å². The van der Waals surface area contributed by atoms with E-state index in [0.717, 1.165) is 56.1 Å². The highest BCUT2D eigenvalue weighted by molar-refractivity contribution is 5.90. The lowest BCUT2D eigenvalue weighted by Crippen LogP contribution is -2.41. The zero-order valence-corrected chi connectivity index (χ0v) is 19.0. The molecule has 1 aromatic heterocycles. The van der Waals surface area contributed by atoms with Gasteiger partial charge in [-0.2, -0.15) is 0 Å². The van der Waals surface area contributed by atoms with Crippen molar-refractivity contribution >= 4 is 22.6 Å². The van der Waals surface area contributed by atoms with Crippen LogP contribution in [-0.4, -0.2) is 41.3 Å². The van der Waals surface area contributed by atoms with Crippen molar-refractivity contribution in [2.24, 2.45) is 11.3 Å². The number of aryl methyl sites for hydroxylation is 1. The van der Waals surface area contributed by atoms with Gasteiger partial charge in [0.25, 0.3) is 0 Å². The Bertz CT molecular complexity index is 1130. The molecule has 2 fully saturated rings. The minimum absolute atomic E-state index is 0.116. The van der Waals surface area contributed by atoms with Gasteiger partial charge in [-0.05, 0) is 71.6 Å². The number of pyridine rings is 1. The molecule has 5 heteroatoms. The standard InChI is InChI=1S/C28H31N3O2/c32-26(19-23-8-3-7-22-6-1-2-9-24(22)23)31-17-12-28(13-18-31)20-25(28)27(33)30-14-4-5-21-10-15-29-16-11-21/h1-3,6-11,15-16,25H,4-5,12-14,17-20H2,(H,30,33). The van der Waals surface area contributed by atoms with Gasteiger partial charge in [0.15, 0.2) is 0 Å². The van der Waals surface area contributed by atoms with Gasteiger partial charge in [-0.15, -0.1) is 0 Å². The molecule has 1 unspecified atom stereocenters. The summed E-state index contributed by atoms with van der Waals surface area (Å²) >= 11 is 0. The maximum Gasteiger partial charge on any atom is 0.227 e. The largest absolute Gasteiger partial charge is 0.356 e. The molecule has 1 atom stereocenters. The number of nitrogens with one attached hydrogen (secondary N) is 1. The molecule has 170 valence electrons. The van der Waals surface area contributed by atoms with Gasteiger partial charge < -0.3 is 10.2 Å². The Labute approximate surface area is 195 Å². The lowest BCUT2D eigenvalue weighted by atomic mass is 9.90. The van der Waals surface area contributed by atoms with E-state index in [4.69, 9.17) is 0 Å². The number of nitrogens with zero attached hydrogens (tertiary/aromatic N) is 2.